The van der Waals surface area contributed by atoms with Gasteiger partial charge in [-0.15, -0.1) is 0 Å². The molecule has 10 atom stereocenters. The van der Waals surface area contributed by atoms with Crippen LogP contribution in [0.25, 0.3) is 0 Å². The van der Waals surface area contributed by atoms with Gasteiger partial charge in [0.2, 0.25) is 5.91 Å². The molecule has 1 amide bonds. The lowest BCUT2D eigenvalue weighted by Gasteiger charge is -2.39. The van der Waals surface area contributed by atoms with Crippen LogP contribution in [0.1, 0.15) is 66.7 Å². The number of rotatable bonds is 18. The van der Waals surface area contributed by atoms with Crippen molar-refractivity contribution in [2.75, 3.05) is 33.5 Å². The lowest BCUT2D eigenvalue weighted by atomic mass is 9.99. The molecule has 0 aromatic carbocycles. The first-order chi connectivity index (χ1) is 20.1. The second-order valence-corrected chi connectivity index (χ2v) is 13.4. The molecule has 15 nitrogen and oxygen atoms in total. The van der Waals surface area contributed by atoms with Crippen LogP contribution in [-0.4, -0.2) is 132 Å². The summed E-state index contributed by atoms with van der Waals surface area (Å²) < 4.78 is 51.7. The van der Waals surface area contributed by atoms with Crippen molar-refractivity contribution in [3.8, 4) is 0 Å². The van der Waals surface area contributed by atoms with Gasteiger partial charge in [0.25, 0.3) is 0 Å². The van der Waals surface area contributed by atoms with Gasteiger partial charge in [-0.2, -0.15) is 0 Å². The fraction of sp³-hybridized carbons (Fsp3) is 0.963. The zero-order valence-electron chi connectivity index (χ0n) is 26.0. The lowest BCUT2D eigenvalue weighted by molar-refractivity contribution is -0.301. The number of amides is 1. The van der Waals surface area contributed by atoms with Crippen molar-refractivity contribution in [3.05, 3.63) is 0 Å². The predicted molar refractivity (Wildman–Crippen MR) is 152 cm³/mol. The molecule has 0 aliphatic carbocycles. The maximum absolute atomic E-state index is 12.7. The minimum absolute atomic E-state index is 0.0921. The molecule has 0 aromatic rings. The van der Waals surface area contributed by atoms with Crippen molar-refractivity contribution < 1.29 is 67.4 Å². The number of hydrogen-bond acceptors (Lipinski definition) is 13. The number of aliphatic hydroxyl groups is 4. The smallest absolute Gasteiger partial charge is 0.394 e. The molecule has 0 radical (unpaired) electrons. The van der Waals surface area contributed by atoms with Crippen LogP contribution in [0.4, 0.5) is 0 Å². The van der Waals surface area contributed by atoms with E-state index in [-0.39, 0.29) is 31.6 Å². The number of aliphatic hydroxyl groups excluding tert-OH is 4. The van der Waals surface area contributed by atoms with Gasteiger partial charge in [0.15, 0.2) is 6.29 Å². The number of hydrogen-bond donors (Lipinski definition) is 6. The largest absolute Gasteiger partial charge is 0.473 e. The number of carbonyl (C=O) groups excluding carboxylic acids is 1. The minimum Gasteiger partial charge on any atom is -0.394 e. The van der Waals surface area contributed by atoms with E-state index >= 15 is 0 Å². The van der Waals surface area contributed by atoms with E-state index < -0.39 is 75.2 Å². The minimum atomic E-state index is -4.44. The van der Waals surface area contributed by atoms with E-state index in [2.05, 4.69) is 5.32 Å². The number of phosphoric acid groups is 1. The van der Waals surface area contributed by atoms with E-state index in [0.717, 1.165) is 0 Å². The maximum Gasteiger partial charge on any atom is 0.473 e. The molecule has 2 rings (SSSR count). The molecule has 0 saturated carbocycles. The van der Waals surface area contributed by atoms with Crippen LogP contribution in [0, 0.1) is 0 Å². The monoisotopic (exact) mass is 645 g/mol. The molecule has 254 valence electrons. The van der Waals surface area contributed by atoms with Gasteiger partial charge in [-0.3, -0.25) is 13.8 Å². The lowest BCUT2D eigenvalue weighted by Crippen LogP contribution is -2.59. The molecule has 0 spiro atoms. The zero-order valence-corrected chi connectivity index (χ0v) is 26.9. The van der Waals surface area contributed by atoms with Crippen molar-refractivity contribution in [3.63, 3.8) is 0 Å². The van der Waals surface area contributed by atoms with E-state index in [1.807, 2.05) is 13.8 Å². The number of unbranched alkanes of at least 4 members (excludes halogenated alkanes) is 1. The molecule has 43 heavy (non-hydrogen) atoms. The Hall–Kier alpha value is -0.780. The van der Waals surface area contributed by atoms with Gasteiger partial charge in [0.05, 0.1) is 31.0 Å². The summed E-state index contributed by atoms with van der Waals surface area (Å²) in [5.74, 6) is -0.159. The first-order valence-electron chi connectivity index (χ1n) is 14.8. The summed E-state index contributed by atoms with van der Waals surface area (Å²) in [5, 5.41) is 41.7. The van der Waals surface area contributed by atoms with E-state index in [4.69, 9.17) is 32.7 Å². The normalized spacial score (nSPS) is 33.1. The van der Waals surface area contributed by atoms with Gasteiger partial charge in [0, 0.05) is 26.7 Å². The molecule has 2 aliphatic heterocycles. The standard InChI is InChI=1S/C27H52NO14P/c1-16(2)38-15-19-25(41-43(34,35)42-27(3,4)5)24(36-6)17(39-19)10-9-12-28-20(30)11-7-8-13-37-26-23(33)22(32)21(31)18(14-29)40-26/h16-19,21-26,29,31-33H,7-15H2,1-6H3,(H,28,30)(H,34,35)/t17?,18-,19-,21-,22+,23+,24-,25?,26+/m1/s1. The zero-order chi connectivity index (χ0) is 32.4. The Morgan fingerprint density at radius 1 is 0.977 bits per heavy atom. The number of nitrogens with one attached hydrogen (secondary N) is 1. The topological polar surface area (TPSA) is 212 Å². The van der Waals surface area contributed by atoms with Crippen LogP contribution in [0.2, 0.25) is 0 Å². The summed E-state index contributed by atoms with van der Waals surface area (Å²) in [5.41, 5.74) is -0.912. The number of carbonyl (C=O) groups is 1. The number of ether oxygens (including phenoxy) is 5. The highest BCUT2D eigenvalue weighted by Gasteiger charge is 2.49. The molecule has 0 bridgehead atoms. The fourth-order valence-electron chi connectivity index (χ4n) is 4.80. The first kappa shape index (κ1) is 38.4. The van der Waals surface area contributed by atoms with Gasteiger partial charge in [0.1, 0.15) is 42.7 Å². The van der Waals surface area contributed by atoms with Crippen molar-refractivity contribution in [1.29, 1.82) is 0 Å². The summed E-state index contributed by atoms with van der Waals surface area (Å²) in [4.78, 5) is 22.7. The summed E-state index contributed by atoms with van der Waals surface area (Å²) in [7, 11) is -2.97. The summed E-state index contributed by atoms with van der Waals surface area (Å²) in [6.45, 7) is 8.78. The van der Waals surface area contributed by atoms with Gasteiger partial charge < -0.3 is 54.3 Å². The van der Waals surface area contributed by atoms with E-state index in [1.54, 1.807) is 20.8 Å². The van der Waals surface area contributed by atoms with E-state index in [9.17, 15) is 34.7 Å². The number of phosphoric ester groups is 1. The Kier molecular flexibility index (Phi) is 15.9. The molecule has 2 saturated heterocycles. The maximum atomic E-state index is 12.7. The number of methoxy groups -OCH3 is 1. The Bertz CT molecular complexity index is 871. The average Bonchev–Trinajstić information content (AvgIpc) is 3.23. The van der Waals surface area contributed by atoms with Crippen molar-refractivity contribution in [2.24, 2.45) is 0 Å². The second-order valence-electron chi connectivity index (χ2n) is 12.1. The fourth-order valence-corrected chi connectivity index (χ4v) is 6.10. The highest BCUT2D eigenvalue weighted by Crippen LogP contribution is 2.51. The molecular weight excluding hydrogens is 593 g/mol. The van der Waals surface area contributed by atoms with Crippen LogP contribution in [0.3, 0.4) is 0 Å². The highest BCUT2D eigenvalue weighted by molar-refractivity contribution is 7.47. The Morgan fingerprint density at radius 3 is 2.28 bits per heavy atom. The molecule has 2 aliphatic rings. The van der Waals surface area contributed by atoms with Gasteiger partial charge in [-0.05, 0) is 60.3 Å². The van der Waals surface area contributed by atoms with E-state index in [0.29, 0.717) is 32.2 Å². The summed E-state index contributed by atoms with van der Waals surface area (Å²) in [6, 6.07) is 0. The quantitative estimate of drug-likeness (QED) is 0.0879. The molecule has 2 fully saturated rings. The summed E-state index contributed by atoms with van der Waals surface area (Å²) in [6.07, 6.45) is -7.22. The first-order valence-corrected chi connectivity index (χ1v) is 16.3. The van der Waals surface area contributed by atoms with Gasteiger partial charge in [-0.25, -0.2) is 4.57 Å². The molecule has 0 aromatic heterocycles. The third-order valence-corrected chi connectivity index (χ3v) is 8.12. The van der Waals surface area contributed by atoms with Crippen LogP contribution >= 0.6 is 7.82 Å². The second kappa shape index (κ2) is 17.8. The Balaban J connectivity index is 1.75. The molecule has 16 heteroatoms. The Morgan fingerprint density at radius 2 is 1.67 bits per heavy atom. The Labute approximate surface area is 253 Å². The average molecular weight is 646 g/mol. The van der Waals surface area contributed by atoms with Gasteiger partial charge in [-0.1, -0.05) is 0 Å². The van der Waals surface area contributed by atoms with Crippen molar-refractivity contribution >= 4 is 13.7 Å². The van der Waals surface area contributed by atoms with E-state index in [1.165, 1.54) is 7.11 Å². The van der Waals surface area contributed by atoms with Crippen molar-refractivity contribution in [2.45, 2.75) is 134 Å². The third kappa shape index (κ3) is 12.9. The third-order valence-electron chi connectivity index (χ3n) is 6.83. The van der Waals surface area contributed by atoms with Gasteiger partial charge >= 0.3 is 7.82 Å². The molecule has 2 heterocycles. The predicted octanol–water partition coefficient (Wildman–Crippen LogP) is 0.378. The highest BCUT2D eigenvalue weighted by atomic mass is 31.2. The van der Waals surface area contributed by atoms with Crippen LogP contribution in [0.15, 0.2) is 0 Å². The van der Waals surface area contributed by atoms with Crippen LogP contribution < -0.4 is 5.32 Å². The molecule has 6 N–H and O–H groups in total. The van der Waals surface area contributed by atoms with Crippen LogP contribution in [-0.2, 0) is 42.1 Å². The van der Waals surface area contributed by atoms with Crippen molar-refractivity contribution in [1.82, 2.24) is 5.32 Å². The SMILES string of the molecule is CO[C@@H]1C(CCCNC(=O)CCCCO[C@H]2O[C@H](CO)[C@@H](O)[C@H](O)[C@@H]2O)O[C@H](COC(C)C)C1OP(=O)(O)OC(C)(C)C. The molecular formula is C27H52NO14P. The molecule has 3 unspecified atom stereocenters. The summed E-state index contributed by atoms with van der Waals surface area (Å²) >= 11 is 0. The van der Waals surface area contributed by atoms with Crippen LogP contribution in [0.5, 0.6) is 0 Å².